The number of anilines is 2. The molecule has 1 amide bonds. The van der Waals surface area contributed by atoms with Gasteiger partial charge in [-0.05, 0) is 67.8 Å². The second-order valence-corrected chi connectivity index (χ2v) is 9.72. The van der Waals surface area contributed by atoms with E-state index < -0.39 is 11.9 Å². The Balaban J connectivity index is 1.29. The third-order valence-corrected chi connectivity index (χ3v) is 7.03. The van der Waals surface area contributed by atoms with E-state index in [2.05, 4.69) is 34.3 Å². The molecule has 0 spiro atoms. The molecule has 1 aliphatic heterocycles. The molecule has 2 heterocycles. The predicted molar refractivity (Wildman–Crippen MR) is 155 cm³/mol. The summed E-state index contributed by atoms with van der Waals surface area (Å²) in [6.07, 6.45) is -0.487. The lowest BCUT2D eigenvalue weighted by Crippen LogP contribution is -2.49. The number of ether oxygens (including phenoxy) is 1. The highest BCUT2D eigenvalue weighted by atomic mass is 35.5. The van der Waals surface area contributed by atoms with E-state index in [4.69, 9.17) is 33.5 Å². The quantitative estimate of drug-likeness (QED) is 0.375. The minimum atomic E-state index is -0.558. The lowest BCUT2D eigenvalue weighted by molar-refractivity contribution is 0.149. The second kappa shape index (κ2) is 13.0. The summed E-state index contributed by atoms with van der Waals surface area (Å²) in [7, 11) is 0. The summed E-state index contributed by atoms with van der Waals surface area (Å²) in [5, 5.41) is 8.02. The SMILES string of the molecule is CCN(CC)CCNC(=S)Nc1ccc2nc(N3CCN(C(=O)Oc4ccc(F)c(Cl)c4)CC3)ccc2c1. The van der Waals surface area contributed by atoms with E-state index in [0.29, 0.717) is 31.3 Å². The maximum absolute atomic E-state index is 13.3. The summed E-state index contributed by atoms with van der Waals surface area (Å²) in [6.45, 7) is 10.3. The van der Waals surface area contributed by atoms with Crippen LogP contribution in [0.25, 0.3) is 10.9 Å². The zero-order valence-electron chi connectivity index (χ0n) is 21.5. The molecule has 2 N–H and O–H groups in total. The molecule has 38 heavy (non-hydrogen) atoms. The predicted octanol–water partition coefficient (Wildman–Crippen LogP) is 4.98. The number of carbonyl (C=O) groups excluding carboxylic acids is 1. The van der Waals surface area contributed by atoms with Crippen molar-refractivity contribution in [2.24, 2.45) is 0 Å². The number of likely N-dealkylation sites (N-methyl/N-ethyl adjacent to an activating group) is 1. The van der Waals surface area contributed by atoms with E-state index >= 15 is 0 Å². The van der Waals surface area contributed by atoms with Crippen LogP contribution in [0.5, 0.6) is 5.75 Å². The van der Waals surface area contributed by atoms with Gasteiger partial charge in [0.25, 0.3) is 0 Å². The van der Waals surface area contributed by atoms with Crippen molar-refractivity contribution in [2.45, 2.75) is 13.8 Å². The molecule has 0 bridgehead atoms. The number of amides is 1. The van der Waals surface area contributed by atoms with Gasteiger partial charge in [-0.15, -0.1) is 0 Å². The smallest absolute Gasteiger partial charge is 0.410 e. The van der Waals surface area contributed by atoms with Crippen molar-refractivity contribution < 1.29 is 13.9 Å². The lowest BCUT2D eigenvalue weighted by Gasteiger charge is -2.34. The number of nitrogens with zero attached hydrogens (tertiary/aromatic N) is 4. The number of halogens is 2. The third-order valence-electron chi connectivity index (χ3n) is 6.50. The third kappa shape index (κ3) is 7.21. The summed E-state index contributed by atoms with van der Waals surface area (Å²) in [4.78, 5) is 23.4. The molecule has 0 radical (unpaired) electrons. The number of piperazine rings is 1. The van der Waals surface area contributed by atoms with Gasteiger partial charge in [0.1, 0.15) is 17.4 Å². The lowest BCUT2D eigenvalue weighted by atomic mass is 10.2. The van der Waals surface area contributed by atoms with Gasteiger partial charge in [-0.3, -0.25) is 0 Å². The van der Waals surface area contributed by atoms with Gasteiger partial charge in [0.15, 0.2) is 5.11 Å². The number of hydrogen-bond donors (Lipinski definition) is 2. The van der Waals surface area contributed by atoms with Crippen molar-refractivity contribution in [1.82, 2.24) is 20.1 Å². The Morgan fingerprint density at radius 1 is 1.11 bits per heavy atom. The van der Waals surface area contributed by atoms with Gasteiger partial charge in [0, 0.05) is 56.4 Å². The average Bonchev–Trinajstić information content (AvgIpc) is 2.93. The van der Waals surface area contributed by atoms with Crippen LogP contribution in [0.4, 0.5) is 20.7 Å². The minimum absolute atomic E-state index is 0.0874. The maximum atomic E-state index is 13.3. The first-order valence-corrected chi connectivity index (χ1v) is 13.5. The van der Waals surface area contributed by atoms with Crippen LogP contribution in [0.2, 0.25) is 5.02 Å². The Morgan fingerprint density at radius 2 is 1.87 bits per heavy atom. The van der Waals surface area contributed by atoms with Crippen molar-refractivity contribution in [3.8, 4) is 5.75 Å². The topological polar surface area (TPSA) is 73.0 Å². The zero-order valence-corrected chi connectivity index (χ0v) is 23.1. The molecule has 1 aromatic heterocycles. The van der Waals surface area contributed by atoms with Crippen molar-refractivity contribution in [3.05, 3.63) is 59.4 Å². The zero-order chi connectivity index (χ0) is 27.1. The van der Waals surface area contributed by atoms with Gasteiger partial charge >= 0.3 is 6.09 Å². The molecule has 0 saturated carbocycles. The van der Waals surface area contributed by atoms with Gasteiger partial charge in [-0.2, -0.15) is 0 Å². The van der Waals surface area contributed by atoms with Crippen LogP contribution >= 0.6 is 23.8 Å². The number of thiocarbonyl (C=S) groups is 1. The molecule has 1 aliphatic rings. The number of pyridine rings is 1. The molecule has 0 atom stereocenters. The fraction of sp³-hybridized carbons (Fsp3) is 0.370. The molecule has 3 aromatic rings. The van der Waals surface area contributed by atoms with Crippen LogP contribution in [0, 0.1) is 5.82 Å². The highest BCUT2D eigenvalue weighted by Crippen LogP contribution is 2.24. The van der Waals surface area contributed by atoms with Gasteiger partial charge in [-0.1, -0.05) is 25.4 Å². The number of rotatable bonds is 8. The number of hydrogen-bond acceptors (Lipinski definition) is 6. The number of aromatic nitrogens is 1. The van der Waals surface area contributed by atoms with E-state index in [1.165, 1.54) is 18.2 Å². The summed E-state index contributed by atoms with van der Waals surface area (Å²) >= 11 is 11.2. The van der Waals surface area contributed by atoms with Crippen molar-refractivity contribution in [2.75, 3.05) is 62.6 Å². The Bertz CT molecular complexity index is 1280. The van der Waals surface area contributed by atoms with Gasteiger partial charge in [0.05, 0.1) is 10.5 Å². The van der Waals surface area contributed by atoms with Crippen LogP contribution in [0.15, 0.2) is 48.5 Å². The molecule has 0 aliphatic carbocycles. The fourth-order valence-corrected chi connectivity index (χ4v) is 4.63. The van der Waals surface area contributed by atoms with Crippen LogP contribution < -0.4 is 20.3 Å². The summed E-state index contributed by atoms with van der Waals surface area (Å²) in [5.41, 5.74) is 1.78. The molecule has 202 valence electrons. The first kappa shape index (κ1) is 27.8. The molecular weight excluding hydrogens is 527 g/mol. The number of nitrogens with one attached hydrogen (secondary N) is 2. The fourth-order valence-electron chi connectivity index (χ4n) is 4.24. The summed E-state index contributed by atoms with van der Waals surface area (Å²) in [6, 6.07) is 13.8. The minimum Gasteiger partial charge on any atom is -0.410 e. The average molecular weight is 559 g/mol. The van der Waals surface area contributed by atoms with Gasteiger partial charge < -0.3 is 30.1 Å². The largest absolute Gasteiger partial charge is 0.415 e. The molecule has 1 saturated heterocycles. The van der Waals surface area contributed by atoms with E-state index in [1.54, 1.807) is 4.90 Å². The van der Waals surface area contributed by atoms with Gasteiger partial charge in [0.2, 0.25) is 0 Å². The Hall–Kier alpha value is -3.21. The molecule has 8 nitrogen and oxygen atoms in total. The molecular formula is C27H32ClFN6O2S. The molecule has 4 rings (SSSR count). The summed E-state index contributed by atoms with van der Waals surface area (Å²) in [5.74, 6) is 0.507. The van der Waals surface area contributed by atoms with Gasteiger partial charge in [-0.25, -0.2) is 14.2 Å². The Kier molecular flexibility index (Phi) is 9.54. The number of carbonyl (C=O) groups is 1. The first-order chi connectivity index (χ1) is 18.4. The Labute approximate surface area is 232 Å². The van der Waals surface area contributed by atoms with Crippen LogP contribution in [0.1, 0.15) is 13.8 Å². The number of benzene rings is 2. The standard InChI is InChI=1S/C27H32ClFN6O2S/c1-3-33(4-2)12-11-30-26(38)31-20-6-9-24-19(17-20)5-10-25(32-24)34-13-15-35(16-14-34)27(36)37-21-7-8-23(29)22(28)18-21/h5-10,17-18H,3-4,11-16H2,1-2H3,(H2,30,31,38). The highest BCUT2D eigenvalue weighted by molar-refractivity contribution is 7.80. The van der Waals surface area contributed by atoms with Crippen LogP contribution in [-0.4, -0.2) is 78.3 Å². The Morgan fingerprint density at radius 3 is 2.58 bits per heavy atom. The monoisotopic (exact) mass is 558 g/mol. The van der Waals surface area contributed by atoms with E-state index in [9.17, 15) is 9.18 Å². The van der Waals surface area contributed by atoms with Crippen molar-refractivity contribution in [3.63, 3.8) is 0 Å². The van der Waals surface area contributed by atoms with E-state index in [1.807, 2.05) is 30.3 Å². The van der Waals surface area contributed by atoms with Crippen LogP contribution in [0.3, 0.4) is 0 Å². The van der Waals surface area contributed by atoms with E-state index in [0.717, 1.165) is 48.6 Å². The molecule has 2 aromatic carbocycles. The molecule has 11 heteroatoms. The van der Waals surface area contributed by atoms with Crippen molar-refractivity contribution >= 4 is 57.4 Å². The second-order valence-electron chi connectivity index (χ2n) is 8.90. The van der Waals surface area contributed by atoms with E-state index in [-0.39, 0.29) is 10.8 Å². The highest BCUT2D eigenvalue weighted by Gasteiger charge is 2.24. The first-order valence-electron chi connectivity index (χ1n) is 12.7. The number of fused-ring (bicyclic) bond motifs is 1. The molecule has 1 fully saturated rings. The normalized spacial score (nSPS) is 13.6. The summed E-state index contributed by atoms with van der Waals surface area (Å²) < 4.78 is 18.7. The molecule has 0 unspecified atom stereocenters. The van der Waals surface area contributed by atoms with Crippen LogP contribution in [-0.2, 0) is 0 Å². The van der Waals surface area contributed by atoms with Crippen molar-refractivity contribution in [1.29, 1.82) is 0 Å². The maximum Gasteiger partial charge on any atom is 0.415 e.